The lowest BCUT2D eigenvalue weighted by molar-refractivity contribution is -0.113. The van der Waals surface area contributed by atoms with E-state index in [0.717, 1.165) is 5.56 Å². The quantitative estimate of drug-likeness (QED) is 0.487. The van der Waals surface area contributed by atoms with E-state index in [9.17, 15) is 19.5 Å². The van der Waals surface area contributed by atoms with Crippen molar-refractivity contribution in [3.8, 4) is 0 Å². The number of carbonyl (C=O) groups excluding carboxylic acids is 2. The number of aryl methyl sites for hydroxylation is 1. The molecule has 3 aromatic carbocycles. The van der Waals surface area contributed by atoms with Gasteiger partial charge in [-0.25, -0.2) is 4.79 Å². The Balaban J connectivity index is 1.92. The largest absolute Gasteiger partial charge is 0.478 e. The van der Waals surface area contributed by atoms with Gasteiger partial charge in [-0.2, -0.15) is 0 Å². The van der Waals surface area contributed by atoms with Crippen LogP contribution < -0.4 is 10.6 Å². The van der Waals surface area contributed by atoms with E-state index in [1.165, 1.54) is 18.2 Å². The number of carboxylic acids is 1. The molecule has 0 radical (unpaired) electrons. The van der Waals surface area contributed by atoms with Gasteiger partial charge < -0.3 is 15.7 Å². The smallest absolute Gasteiger partial charge is 0.337 e. The van der Waals surface area contributed by atoms with Gasteiger partial charge in [0, 0.05) is 10.6 Å². The molecule has 31 heavy (non-hydrogen) atoms. The third-order valence-corrected chi connectivity index (χ3v) is 4.65. The molecule has 2 amide bonds. The zero-order valence-electron chi connectivity index (χ0n) is 16.6. The van der Waals surface area contributed by atoms with E-state index in [-0.39, 0.29) is 16.9 Å². The van der Waals surface area contributed by atoms with Crippen molar-refractivity contribution in [2.45, 2.75) is 6.92 Å². The third-order valence-electron chi connectivity index (χ3n) is 4.39. The van der Waals surface area contributed by atoms with Crippen molar-refractivity contribution in [3.63, 3.8) is 0 Å². The zero-order chi connectivity index (χ0) is 22.4. The second-order valence-corrected chi connectivity index (χ2v) is 7.17. The van der Waals surface area contributed by atoms with E-state index in [4.69, 9.17) is 11.6 Å². The number of carbonyl (C=O) groups is 3. The normalized spacial score (nSPS) is 11.0. The highest BCUT2D eigenvalue weighted by Gasteiger charge is 2.18. The Kier molecular flexibility index (Phi) is 6.85. The zero-order valence-corrected chi connectivity index (χ0v) is 17.3. The molecular formula is C24H19ClN2O4. The summed E-state index contributed by atoms with van der Waals surface area (Å²) in [5.74, 6) is -2.31. The average molecular weight is 435 g/mol. The molecule has 0 saturated heterocycles. The number of para-hydroxylation sites is 1. The van der Waals surface area contributed by atoms with Gasteiger partial charge in [0.15, 0.2) is 0 Å². The standard InChI is InChI=1S/C24H19ClN2O4/c1-15-6-10-17(11-7-15)22(28)27-21(14-16-8-12-18(25)13-9-16)23(29)26-20-5-3-2-4-19(20)24(30)31/h2-14H,1H3,(H,26,29)(H,27,28)(H,30,31)/b21-14+. The van der Waals surface area contributed by atoms with Crippen LogP contribution in [-0.2, 0) is 4.79 Å². The van der Waals surface area contributed by atoms with Crippen molar-refractivity contribution < 1.29 is 19.5 Å². The molecule has 0 bridgehead atoms. The molecule has 3 rings (SSSR count). The van der Waals surface area contributed by atoms with Crippen LogP contribution in [0.4, 0.5) is 5.69 Å². The van der Waals surface area contributed by atoms with Crippen LogP contribution in [0.25, 0.3) is 6.08 Å². The van der Waals surface area contributed by atoms with Gasteiger partial charge in [0.1, 0.15) is 5.70 Å². The first-order valence-electron chi connectivity index (χ1n) is 9.32. The third kappa shape index (κ3) is 5.81. The van der Waals surface area contributed by atoms with Crippen LogP contribution in [0.2, 0.25) is 5.02 Å². The van der Waals surface area contributed by atoms with Crippen LogP contribution in [0.5, 0.6) is 0 Å². The van der Waals surface area contributed by atoms with Gasteiger partial charge in [-0.05, 0) is 55.0 Å². The maximum atomic E-state index is 13.0. The SMILES string of the molecule is Cc1ccc(C(=O)N/C(=C/c2ccc(Cl)cc2)C(=O)Nc2ccccc2C(=O)O)cc1. The fourth-order valence-electron chi connectivity index (χ4n) is 2.75. The lowest BCUT2D eigenvalue weighted by Gasteiger charge is -2.13. The highest BCUT2D eigenvalue weighted by atomic mass is 35.5. The summed E-state index contributed by atoms with van der Waals surface area (Å²) in [6.07, 6.45) is 1.49. The van der Waals surface area contributed by atoms with Gasteiger partial charge in [0.2, 0.25) is 0 Å². The van der Waals surface area contributed by atoms with Gasteiger partial charge in [-0.1, -0.05) is 53.6 Å². The monoisotopic (exact) mass is 434 g/mol. The molecule has 0 saturated carbocycles. The maximum Gasteiger partial charge on any atom is 0.337 e. The van der Waals surface area contributed by atoms with Crippen molar-refractivity contribution in [1.82, 2.24) is 5.32 Å². The number of hydrogen-bond donors (Lipinski definition) is 3. The summed E-state index contributed by atoms with van der Waals surface area (Å²) in [6, 6.07) is 19.6. The topological polar surface area (TPSA) is 95.5 Å². The number of rotatable bonds is 6. The first kappa shape index (κ1) is 21.8. The highest BCUT2D eigenvalue weighted by Crippen LogP contribution is 2.17. The Labute approximate surface area is 184 Å². The van der Waals surface area contributed by atoms with E-state index >= 15 is 0 Å². The number of carboxylic acid groups (broad SMARTS) is 1. The Morgan fingerprint density at radius 2 is 1.55 bits per heavy atom. The predicted octanol–water partition coefficient (Wildman–Crippen LogP) is 4.76. The van der Waals surface area contributed by atoms with Gasteiger partial charge in [-0.15, -0.1) is 0 Å². The van der Waals surface area contributed by atoms with E-state index in [0.29, 0.717) is 16.1 Å². The number of amides is 2. The number of benzene rings is 3. The lowest BCUT2D eigenvalue weighted by Crippen LogP contribution is -2.31. The molecule has 0 fully saturated rings. The summed E-state index contributed by atoms with van der Waals surface area (Å²) in [5, 5.41) is 15.1. The van der Waals surface area contributed by atoms with Gasteiger partial charge >= 0.3 is 5.97 Å². The fraction of sp³-hybridized carbons (Fsp3) is 0.0417. The van der Waals surface area contributed by atoms with Crippen LogP contribution in [-0.4, -0.2) is 22.9 Å². The number of anilines is 1. The molecule has 0 aromatic heterocycles. The summed E-state index contributed by atoms with van der Waals surface area (Å²) in [7, 11) is 0. The molecule has 0 aliphatic carbocycles. The Morgan fingerprint density at radius 1 is 0.903 bits per heavy atom. The molecule has 0 spiro atoms. The Hall–Kier alpha value is -3.90. The molecule has 3 N–H and O–H groups in total. The predicted molar refractivity (Wildman–Crippen MR) is 120 cm³/mol. The summed E-state index contributed by atoms with van der Waals surface area (Å²) in [6.45, 7) is 1.90. The van der Waals surface area contributed by atoms with Crippen molar-refractivity contribution in [3.05, 3.63) is 106 Å². The molecule has 0 atom stereocenters. The lowest BCUT2D eigenvalue weighted by atomic mass is 10.1. The summed E-state index contributed by atoms with van der Waals surface area (Å²) >= 11 is 5.92. The Morgan fingerprint density at radius 3 is 2.19 bits per heavy atom. The summed E-state index contributed by atoms with van der Waals surface area (Å²) < 4.78 is 0. The molecule has 0 aliphatic heterocycles. The number of aromatic carboxylic acids is 1. The first-order chi connectivity index (χ1) is 14.8. The van der Waals surface area contributed by atoms with E-state index in [1.54, 1.807) is 60.7 Å². The van der Waals surface area contributed by atoms with Crippen molar-refractivity contribution >= 4 is 41.1 Å². The van der Waals surface area contributed by atoms with E-state index in [2.05, 4.69) is 10.6 Å². The van der Waals surface area contributed by atoms with Crippen LogP contribution in [0.15, 0.2) is 78.5 Å². The van der Waals surface area contributed by atoms with Crippen LogP contribution in [0.3, 0.4) is 0 Å². The molecule has 7 heteroatoms. The summed E-state index contributed by atoms with van der Waals surface area (Å²) in [5.41, 5.74) is 2.01. The van der Waals surface area contributed by atoms with Crippen molar-refractivity contribution in [2.75, 3.05) is 5.32 Å². The van der Waals surface area contributed by atoms with Crippen LogP contribution in [0, 0.1) is 6.92 Å². The minimum Gasteiger partial charge on any atom is -0.478 e. The van der Waals surface area contributed by atoms with Gasteiger partial charge in [0.05, 0.1) is 11.3 Å². The van der Waals surface area contributed by atoms with Crippen LogP contribution in [0.1, 0.15) is 31.8 Å². The number of halogens is 1. The van der Waals surface area contributed by atoms with Crippen LogP contribution >= 0.6 is 11.6 Å². The number of hydrogen-bond acceptors (Lipinski definition) is 3. The number of nitrogens with one attached hydrogen (secondary N) is 2. The van der Waals surface area contributed by atoms with E-state index < -0.39 is 17.8 Å². The molecule has 0 aliphatic rings. The fourth-order valence-corrected chi connectivity index (χ4v) is 2.88. The molecule has 0 heterocycles. The second kappa shape index (κ2) is 9.73. The van der Waals surface area contributed by atoms with Crippen molar-refractivity contribution in [1.29, 1.82) is 0 Å². The average Bonchev–Trinajstić information content (AvgIpc) is 2.75. The maximum absolute atomic E-state index is 13.0. The van der Waals surface area contributed by atoms with Gasteiger partial charge in [-0.3, -0.25) is 9.59 Å². The second-order valence-electron chi connectivity index (χ2n) is 6.73. The molecular weight excluding hydrogens is 416 g/mol. The Bertz CT molecular complexity index is 1150. The van der Waals surface area contributed by atoms with Gasteiger partial charge in [0.25, 0.3) is 11.8 Å². The van der Waals surface area contributed by atoms with E-state index in [1.807, 2.05) is 6.92 Å². The first-order valence-corrected chi connectivity index (χ1v) is 9.70. The molecule has 0 unspecified atom stereocenters. The molecule has 6 nitrogen and oxygen atoms in total. The minimum atomic E-state index is -1.18. The minimum absolute atomic E-state index is 0.0481. The molecule has 156 valence electrons. The molecule has 3 aromatic rings. The van der Waals surface area contributed by atoms with Crippen molar-refractivity contribution in [2.24, 2.45) is 0 Å². The summed E-state index contributed by atoms with van der Waals surface area (Å²) in [4.78, 5) is 37.1. The highest BCUT2D eigenvalue weighted by molar-refractivity contribution is 6.30.